The minimum absolute atomic E-state index is 0.104. The first-order valence-corrected chi connectivity index (χ1v) is 10.6. The van der Waals surface area contributed by atoms with Gasteiger partial charge in [-0.2, -0.15) is 5.26 Å². The lowest BCUT2D eigenvalue weighted by atomic mass is 10.0. The lowest BCUT2D eigenvalue weighted by molar-refractivity contribution is 0.0939. The van der Waals surface area contributed by atoms with Gasteiger partial charge in [0.15, 0.2) is 0 Å². The molecule has 0 aromatic heterocycles. The molecule has 1 atom stereocenters. The molecule has 0 aliphatic rings. The molecule has 1 N–H and O–H groups in total. The van der Waals surface area contributed by atoms with Crippen LogP contribution in [0.25, 0.3) is 0 Å². The number of likely N-dealkylation sites (N-methyl/N-ethyl adjacent to an activating group) is 1. The lowest BCUT2D eigenvalue weighted by Gasteiger charge is -2.25. The molecule has 1 amide bonds. The number of carbonyl (C=O) groups excluding carboxylic acids is 1. The quantitative estimate of drug-likeness (QED) is 0.584. The third-order valence-corrected chi connectivity index (χ3v) is 6.05. The van der Waals surface area contributed by atoms with Crippen molar-refractivity contribution in [3.63, 3.8) is 0 Å². The zero-order chi connectivity index (χ0) is 21.3. The Morgan fingerprint density at radius 2 is 1.60 bits per heavy atom. The molecule has 0 aliphatic heterocycles. The first-order valence-electron chi connectivity index (χ1n) is 9.83. The molecule has 0 fully saturated rings. The Morgan fingerprint density at radius 3 is 2.30 bits per heavy atom. The summed E-state index contributed by atoms with van der Waals surface area (Å²) in [6.45, 7) is 0.550. The monoisotopic (exact) mass is 415 g/mol. The van der Waals surface area contributed by atoms with Gasteiger partial charge < -0.3 is 10.2 Å². The third kappa shape index (κ3) is 5.73. The number of hydrogen-bond donors (Lipinski definition) is 1. The van der Waals surface area contributed by atoms with Crippen LogP contribution in [0.15, 0.2) is 88.7 Å². The van der Waals surface area contributed by atoms with E-state index in [0.717, 1.165) is 16.2 Å². The molecular weight excluding hydrogens is 390 g/mol. The van der Waals surface area contributed by atoms with Gasteiger partial charge in [-0.25, -0.2) is 0 Å². The van der Waals surface area contributed by atoms with Gasteiger partial charge in [-0.3, -0.25) is 4.79 Å². The van der Waals surface area contributed by atoms with E-state index < -0.39 is 0 Å². The summed E-state index contributed by atoms with van der Waals surface area (Å²) >= 11 is 1.44. The minimum atomic E-state index is -0.104. The zero-order valence-corrected chi connectivity index (χ0v) is 18.0. The van der Waals surface area contributed by atoms with Crippen molar-refractivity contribution in [2.24, 2.45) is 0 Å². The Balaban J connectivity index is 1.71. The van der Waals surface area contributed by atoms with Crippen molar-refractivity contribution in [3.05, 3.63) is 95.6 Å². The highest BCUT2D eigenvalue weighted by atomic mass is 32.2. The summed E-state index contributed by atoms with van der Waals surface area (Å²) in [5, 5.41) is 12.4. The normalized spacial score (nSPS) is 11.7. The van der Waals surface area contributed by atoms with Gasteiger partial charge >= 0.3 is 0 Å². The van der Waals surface area contributed by atoms with Crippen LogP contribution in [-0.2, 0) is 6.42 Å². The van der Waals surface area contributed by atoms with Crippen molar-refractivity contribution in [3.8, 4) is 6.07 Å². The van der Waals surface area contributed by atoms with Gasteiger partial charge in [-0.15, -0.1) is 0 Å². The van der Waals surface area contributed by atoms with E-state index in [-0.39, 0.29) is 11.9 Å². The van der Waals surface area contributed by atoms with E-state index in [2.05, 4.69) is 28.4 Å². The number of rotatable bonds is 8. The summed E-state index contributed by atoms with van der Waals surface area (Å²) in [6.07, 6.45) is 0.861. The topological polar surface area (TPSA) is 56.1 Å². The van der Waals surface area contributed by atoms with Crippen LogP contribution in [0.2, 0.25) is 0 Å². The summed E-state index contributed by atoms with van der Waals surface area (Å²) in [5.74, 6) is -0.104. The fraction of sp³-hybridized carbons (Fsp3) is 0.200. The molecule has 0 bridgehead atoms. The first kappa shape index (κ1) is 21.6. The molecule has 5 heteroatoms. The third-order valence-electron chi connectivity index (χ3n) is 4.90. The Morgan fingerprint density at radius 1 is 0.967 bits per heavy atom. The second-order valence-electron chi connectivity index (χ2n) is 7.22. The highest BCUT2D eigenvalue weighted by Crippen LogP contribution is 2.32. The summed E-state index contributed by atoms with van der Waals surface area (Å²) in [5.41, 5.74) is 2.47. The molecule has 30 heavy (non-hydrogen) atoms. The number of benzene rings is 3. The van der Waals surface area contributed by atoms with Gasteiger partial charge in [0.2, 0.25) is 0 Å². The Hall–Kier alpha value is -3.07. The van der Waals surface area contributed by atoms with Crippen LogP contribution in [0.3, 0.4) is 0 Å². The highest BCUT2D eigenvalue weighted by Gasteiger charge is 2.17. The van der Waals surface area contributed by atoms with E-state index in [1.807, 2.05) is 74.8 Å². The molecule has 0 unspecified atom stereocenters. The van der Waals surface area contributed by atoms with Gasteiger partial charge in [0.05, 0.1) is 11.1 Å². The van der Waals surface area contributed by atoms with E-state index >= 15 is 0 Å². The van der Waals surface area contributed by atoms with E-state index in [0.29, 0.717) is 17.7 Å². The lowest BCUT2D eigenvalue weighted by Crippen LogP contribution is -2.41. The minimum Gasteiger partial charge on any atom is -0.350 e. The SMILES string of the molecule is CN(C)[C@@H](CNC(=O)c1ccccc1Sc1ccccc1C#N)Cc1ccccc1. The van der Waals surface area contributed by atoms with Crippen molar-refractivity contribution in [2.75, 3.05) is 20.6 Å². The van der Waals surface area contributed by atoms with Crippen molar-refractivity contribution in [1.82, 2.24) is 10.2 Å². The van der Waals surface area contributed by atoms with Gasteiger partial charge in [0, 0.05) is 22.4 Å². The maximum absolute atomic E-state index is 13.0. The molecule has 0 heterocycles. The molecule has 3 aromatic rings. The number of nitrogens with zero attached hydrogens (tertiary/aromatic N) is 2. The van der Waals surface area contributed by atoms with Crippen LogP contribution in [0, 0.1) is 11.3 Å². The highest BCUT2D eigenvalue weighted by molar-refractivity contribution is 7.99. The molecule has 0 spiro atoms. The smallest absolute Gasteiger partial charge is 0.252 e. The molecule has 0 aliphatic carbocycles. The van der Waals surface area contributed by atoms with Crippen LogP contribution >= 0.6 is 11.8 Å². The summed E-state index contributed by atoms with van der Waals surface area (Å²) in [6, 6.07) is 27.6. The Kier molecular flexibility index (Phi) is 7.67. The molecule has 152 valence electrons. The van der Waals surface area contributed by atoms with Crippen molar-refractivity contribution in [2.45, 2.75) is 22.3 Å². The van der Waals surface area contributed by atoms with Gasteiger partial charge in [-0.1, -0.05) is 66.4 Å². The van der Waals surface area contributed by atoms with Crippen LogP contribution in [-0.4, -0.2) is 37.5 Å². The Labute approximate surface area is 182 Å². The van der Waals surface area contributed by atoms with Gasteiger partial charge in [-0.05, 0) is 50.3 Å². The number of nitrogens with one attached hydrogen (secondary N) is 1. The van der Waals surface area contributed by atoms with Crippen LogP contribution < -0.4 is 5.32 Å². The van der Waals surface area contributed by atoms with Crippen LogP contribution in [0.5, 0.6) is 0 Å². The van der Waals surface area contributed by atoms with Crippen molar-refractivity contribution >= 4 is 17.7 Å². The van der Waals surface area contributed by atoms with Crippen molar-refractivity contribution in [1.29, 1.82) is 5.26 Å². The van der Waals surface area contributed by atoms with Gasteiger partial charge in [0.1, 0.15) is 6.07 Å². The summed E-state index contributed by atoms with van der Waals surface area (Å²) < 4.78 is 0. The maximum Gasteiger partial charge on any atom is 0.252 e. The number of hydrogen-bond acceptors (Lipinski definition) is 4. The second kappa shape index (κ2) is 10.6. The van der Waals surface area contributed by atoms with E-state index in [9.17, 15) is 10.1 Å². The fourth-order valence-electron chi connectivity index (χ4n) is 3.14. The molecular formula is C25H25N3OS. The average molecular weight is 416 g/mol. The van der Waals surface area contributed by atoms with Crippen LogP contribution in [0.4, 0.5) is 0 Å². The molecule has 0 saturated carbocycles. The molecule has 0 radical (unpaired) electrons. The molecule has 0 saturated heterocycles. The number of carbonyl (C=O) groups is 1. The molecule has 4 nitrogen and oxygen atoms in total. The Bertz CT molecular complexity index is 1030. The number of amides is 1. The van der Waals surface area contributed by atoms with Crippen LogP contribution in [0.1, 0.15) is 21.5 Å². The largest absolute Gasteiger partial charge is 0.350 e. The zero-order valence-electron chi connectivity index (χ0n) is 17.2. The average Bonchev–Trinajstić information content (AvgIpc) is 2.77. The first-order chi connectivity index (χ1) is 14.6. The molecule has 3 aromatic carbocycles. The van der Waals surface area contributed by atoms with E-state index in [1.54, 1.807) is 6.07 Å². The fourth-order valence-corrected chi connectivity index (χ4v) is 4.16. The second-order valence-corrected chi connectivity index (χ2v) is 8.31. The predicted octanol–water partition coefficient (Wildman–Crippen LogP) is 4.61. The van der Waals surface area contributed by atoms with E-state index in [1.165, 1.54) is 17.3 Å². The number of nitriles is 1. The van der Waals surface area contributed by atoms with Crippen molar-refractivity contribution < 1.29 is 4.79 Å². The van der Waals surface area contributed by atoms with Gasteiger partial charge in [0.25, 0.3) is 5.91 Å². The molecule has 3 rings (SSSR count). The van der Waals surface area contributed by atoms with E-state index in [4.69, 9.17) is 0 Å². The summed E-state index contributed by atoms with van der Waals surface area (Å²) in [7, 11) is 4.06. The maximum atomic E-state index is 13.0. The predicted molar refractivity (Wildman–Crippen MR) is 122 cm³/mol. The summed E-state index contributed by atoms with van der Waals surface area (Å²) in [4.78, 5) is 16.8. The standard InChI is InChI=1S/C25H25N3OS/c1-28(2)21(16-19-10-4-3-5-11-19)18-27-25(29)22-13-7-9-15-24(22)30-23-14-8-6-12-20(23)17-26/h3-15,21H,16,18H2,1-2H3,(H,27,29)/t21-/m1/s1.